The molecule has 1 atom stereocenters. The second-order valence-electron chi connectivity index (χ2n) is 3.07. The molecule has 1 aliphatic heterocycles. The molecule has 0 amide bonds. The van der Waals surface area contributed by atoms with Crippen LogP contribution in [-0.4, -0.2) is 0 Å². The highest BCUT2D eigenvalue weighted by Gasteiger charge is 2.32. The van der Waals surface area contributed by atoms with Gasteiger partial charge in [-0.3, -0.25) is 0 Å². The van der Waals surface area contributed by atoms with Gasteiger partial charge in [0.1, 0.15) is 5.76 Å². The van der Waals surface area contributed by atoms with E-state index in [1.807, 2.05) is 6.26 Å². The number of aryl methyl sites for hydroxylation is 1. The highest BCUT2D eigenvalue weighted by Crippen LogP contribution is 2.39. The van der Waals surface area contributed by atoms with E-state index in [0.29, 0.717) is 6.04 Å². The van der Waals surface area contributed by atoms with Gasteiger partial charge in [0.05, 0.1) is 6.26 Å². The largest absolute Gasteiger partial charge is 0.469 e. The standard InChI is InChI=1S/C8H9NO/c1-2-7-8-5(4-10-7)3-9-6(1)8/h4,6,9H,1-3H2. The van der Waals surface area contributed by atoms with Gasteiger partial charge < -0.3 is 9.73 Å². The Hall–Kier alpha value is -0.760. The van der Waals surface area contributed by atoms with Gasteiger partial charge in [-0.05, 0) is 6.42 Å². The summed E-state index contributed by atoms with van der Waals surface area (Å²) in [5.74, 6) is 1.23. The molecule has 0 radical (unpaired) electrons. The first-order valence-electron chi connectivity index (χ1n) is 3.77. The number of hydrogen-bond acceptors (Lipinski definition) is 2. The molecule has 1 aliphatic carbocycles. The summed E-state index contributed by atoms with van der Waals surface area (Å²) in [4.78, 5) is 0. The fraction of sp³-hybridized carbons (Fsp3) is 0.500. The maximum absolute atomic E-state index is 5.39. The van der Waals surface area contributed by atoms with Crippen LogP contribution in [0.15, 0.2) is 10.7 Å². The zero-order valence-electron chi connectivity index (χ0n) is 5.68. The third-order valence-corrected chi connectivity index (χ3v) is 2.54. The lowest BCUT2D eigenvalue weighted by Crippen LogP contribution is -2.08. The van der Waals surface area contributed by atoms with Crippen molar-refractivity contribution >= 4 is 0 Å². The first-order chi connectivity index (χ1) is 4.95. The van der Waals surface area contributed by atoms with Crippen LogP contribution in [0.3, 0.4) is 0 Å². The normalized spacial score (nSPS) is 27.4. The van der Waals surface area contributed by atoms with Gasteiger partial charge >= 0.3 is 0 Å². The van der Waals surface area contributed by atoms with Gasteiger partial charge in [0.2, 0.25) is 0 Å². The summed E-state index contributed by atoms with van der Waals surface area (Å²) < 4.78 is 5.39. The van der Waals surface area contributed by atoms with Crippen molar-refractivity contribution in [2.75, 3.05) is 0 Å². The molecule has 52 valence electrons. The molecule has 2 heterocycles. The molecule has 1 N–H and O–H groups in total. The fourth-order valence-electron chi connectivity index (χ4n) is 2.05. The first kappa shape index (κ1) is 4.97. The van der Waals surface area contributed by atoms with Crippen LogP contribution in [0.5, 0.6) is 0 Å². The third-order valence-electron chi connectivity index (χ3n) is 2.54. The molecule has 0 saturated heterocycles. The Morgan fingerprint density at radius 2 is 2.60 bits per heavy atom. The van der Waals surface area contributed by atoms with E-state index in [1.165, 1.54) is 23.3 Å². The topological polar surface area (TPSA) is 25.2 Å². The lowest BCUT2D eigenvalue weighted by molar-refractivity contribution is 0.514. The van der Waals surface area contributed by atoms with E-state index in [2.05, 4.69) is 5.32 Å². The lowest BCUT2D eigenvalue weighted by Gasteiger charge is -1.99. The summed E-state index contributed by atoms with van der Waals surface area (Å²) in [6.45, 7) is 1.02. The SMILES string of the molecule is c1oc2c3c1CNC3CC2. The van der Waals surface area contributed by atoms with Crippen molar-refractivity contribution < 1.29 is 4.42 Å². The molecule has 0 aromatic carbocycles. The van der Waals surface area contributed by atoms with Crippen LogP contribution in [0.4, 0.5) is 0 Å². The van der Waals surface area contributed by atoms with Crippen LogP contribution in [0, 0.1) is 0 Å². The van der Waals surface area contributed by atoms with E-state index in [9.17, 15) is 0 Å². The Morgan fingerprint density at radius 3 is 3.60 bits per heavy atom. The van der Waals surface area contributed by atoms with Gasteiger partial charge in [-0.15, -0.1) is 0 Å². The molecule has 0 spiro atoms. The summed E-state index contributed by atoms with van der Waals surface area (Å²) >= 11 is 0. The maximum atomic E-state index is 5.39. The summed E-state index contributed by atoms with van der Waals surface area (Å²) in [7, 11) is 0. The molecular weight excluding hydrogens is 126 g/mol. The summed E-state index contributed by atoms with van der Waals surface area (Å²) in [5.41, 5.74) is 2.86. The number of hydrogen-bond donors (Lipinski definition) is 1. The van der Waals surface area contributed by atoms with Crippen LogP contribution in [-0.2, 0) is 13.0 Å². The Labute approximate surface area is 59.2 Å². The molecule has 0 fully saturated rings. The fourth-order valence-corrected chi connectivity index (χ4v) is 2.05. The first-order valence-corrected chi connectivity index (χ1v) is 3.77. The van der Waals surface area contributed by atoms with Gasteiger partial charge in [-0.2, -0.15) is 0 Å². The van der Waals surface area contributed by atoms with Crippen molar-refractivity contribution in [3.63, 3.8) is 0 Å². The number of nitrogens with one attached hydrogen (secondary N) is 1. The molecule has 0 bridgehead atoms. The molecule has 0 saturated carbocycles. The van der Waals surface area contributed by atoms with Crippen molar-refractivity contribution in [2.24, 2.45) is 0 Å². The van der Waals surface area contributed by atoms with Crippen molar-refractivity contribution in [2.45, 2.75) is 25.4 Å². The van der Waals surface area contributed by atoms with Crippen molar-refractivity contribution in [1.29, 1.82) is 0 Å². The Morgan fingerprint density at radius 1 is 1.60 bits per heavy atom. The maximum Gasteiger partial charge on any atom is 0.108 e. The molecule has 10 heavy (non-hydrogen) atoms. The smallest absolute Gasteiger partial charge is 0.108 e. The minimum absolute atomic E-state index is 0.628. The summed E-state index contributed by atoms with van der Waals surface area (Å²) in [6, 6.07) is 0.628. The van der Waals surface area contributed by atoms with Crippen LogP contribution in [0.2, 0.25) is 0 Å². The second-order valence-corrected chi connectivity index (χ2v) is 3.07. The van der Waals surface area contributed by atoms with Crippen LogP contribution in [0.1, 0.15) is 29.3 Å². The van der Waals surface area contributed by atoms with Gasteiger partial charge in [-0.25, -0.2) is 0 Å². The molecule has 1 aromatic rings. The van der Waals surface area contributed by atoms with Crippen LogP contribution < -0.4 is 5.32 Å². The van der Waals surface area contributed by atoms with Crippen molar-refractivity contribution in [1.82, 2.24) is 5.32 Å². The molecule has 2 nitrogen and oxygen atoms in total. The predicted molar refractivity (Wildman–Crippen MR) is 36.6 cm³/mol. The van der Waals surface area contributed by atoms with E-state index in [-0.39, 0.29) is 0 Å². The van der Waals surface area contributed by atoms with E-state index >= 15 is 0 Å². The van der Waals surface area contributed by atoms with E-state index in [4.69, 9.17) is 4.42 Å². The minimum Gasteiger partial charge on any atom is -0.469 e. The second kappa shape index (κ2) is 1.45. The van der Waals surface area contributed by atoms with E-state index in [0.717, 1.165) is 13.0 Å². The van der Waals surface area contributed by atoms with Gasteiger partial charge in [-0.1, -0.05) is 0 Å². The zero-order chi connectivity index (χ0) is 6.55. The Kier molecular flexibility index (Phi) is 0.722. The highest BCUT2D eigenvalue weighted by atomic mass is 16.3. The lowest BCUT2D eigenvalue weighted by atomic mass is 10.2. The molecule has 3 rings (SSSR count). The van der Waals surface area contributed by atoms with Crippen LogP contribution >= 0.6 is 0 Å². The Balaban J connectivity index is 2.31. The molecule has 2 aliphatic rings. The predicted octanol–water partition coefficient (Wildman–Crippen LogP) is 1.37. The minimum atomic E-state index is 0.628. The molecule has 2 heteroatoms. The monoisotopic (exact) mass is 135 g/mol. The van der Waals surface area contributed by atoms with Gasteiger partial charge in [0.25, 0.3) is 0 Å². The number of furan rings is 1. The summed E-state index contributed by atoms with van der Waals surface area (Å²) in [6.07, 6.45) is 4.27. The average Bonchev–Trinajstić information content (AvgIpc) is 2.56. The average molecular weight is 135 g/mol. The zero-order valence-corrected chi connectivity index (χ0v) is 5.68. The van der Waals surface area contributed by atoms with Crippen molar-refractivity contribution in [3.8, 4) is 0 Å². The van der Waals surface area contributed by atoms with E-state index < -0.39 is 0 Å². The molecular formula is C8H9NO. The Bertz CT molecular complexity index is 251. The highest BCUT2D eigenvalue weighted by molar-refractivity contribution is 5.38. The quantitative estimate of drug-likeness (QED) is 0.581. The van der Waals surface area contributed by atoms with Gasteiger partial charge in [0.15, 0.2) is 0 Å². The van der Waals surface area contributed by atoms with Crippen molar-refractivity contribution in [3.05, 3.63) is 23.2 Å². The number of rotatable bonds is 0. The third kappa shape index (κ3) is 0.409. The van der Waals surface area contributed by atoms with E-state index in [1.54, 1.807) is 0 Å². The summed E-state index contributed by atoms with van der Waals surface area (Å²) in [5, 5.41) is 3.44. The molecule has 1 unspecified atom stereocenters. The molecule has 1 aromatic heterocycles. The van der Waals surface area contributed by atoms with Crippen LogP contribution in [0.25, 0.3) is 0 Å². The van der Waals surface area contributed by atoms with Gasteiger partial charge in [0, 0.05) is 30.1 Å².